The number of Topliss-reactive ketones (excluding diaryl/α,β-unsaturated/α-hetero) is 1. The summed E-state index contributed by atoms with van der Waals surface area (Å²) in [6.45, 7) is -0.276. The van der Waals surface area contributed by atoms with E-state index in [0.717, 1.165) is 7.11 Å². The highest BCUT2D eigenvalue weighted by Crippen LogP contribution is 2.29. The Balaban J connectivity index is 1.96. The zero-order valence-corrected chi connectivity index (χ0v) is 21.7. The first kappa shape index (κ1) is 28.3. The maximum atomic E-state index is 12.7. The molecule has 0 spiro atoms. The van der Waals surface area contributed by atoms with Crippen LogP contribution >= 0.6 is 39.1 Å². The van der Waals surface area contributed by atoms with Crippen LogP contribution < -0.4 is 16.4 Å². The van der Waals surface area contributed by atoms with E-state index >= 15 is 0 Å². The van der Waals surface area contributed by atoms with E-state index in [4.69, 9.17) is 39.1 Å². The number of nitrogens with one attached hydrogen (secondary N) is 3. The second-order valence-electron chi connectivity index (χ2n) is 7.46. The van der Waals surface area contributed by atoms with Crippen molar-refractivity contribution in [1.82, 2.24) is 10.6 Å². The summed E-state index contributed by atoms with van der Waals surface area (Å²) in [5.74, 6) is -2.31. The molecular weight excluding hydrogens is 563 g/mol. The molecule has 2 rings (SSSR count). The minimum atomic E-state index is -1.13. The van der Waals surface area contributed by atoms with Crippen LogP contribution in [0.4, 0.5) is 0 Å². The van der Waals surface area contributed by atoms with Crippen LogP contribution in [0.5, 0.6) is 0 Å². The van der Waals surface area contributed by atoms with Gasteiger partial charge in [-0.2, -0.15) is 0 Å². The zero-order valence-electron chi connectivity index (χ0n) is 18.6. The molecule has 0 bridgehead atoms. The lowest BCUT2D eigenvalue weighted by atomic mass is 10.1. The molecule has 0 aliphatic rings. The third-order valence-electron chi connectivity index (χ3n) is 4.77. The average Bonchev–Trinajstić information content (AvgIpc) is 2.78. The summed E-state index contributed by atoms with van der Waals surface area (Å²) in [6.07, 6.45) is 0.0247. The molecule has 9 nitrogen and oxygen atoms in total. The number of benzene rings is 2. The first-order chi connectivity index (χ1) is 16.5. The second-order valence-corrected chi connectivity index (χ2v) is 9.19. The summed E-state index contributed by atoms with van der Waals surface area (Å²) < 4.78 is 5.30. The van der Waals surface area contributed by atoms with Gasteiger partial charge in [0.2, 0.25) is 0 Å². The van der Waals surface area contributed by atoms with Crippen molar-refractivity contribution in [3.8, 4) is 0 Å². The number of hydrogen-bond donors (Lipinski definition) is 4. The van der Waals surface area contributed by atoms with Gasteiger partial charge in [-0.25, -0.2) is 4.79 Å². The van der Waals surface area contributed by atoms with Crippen molar-refractivity contribution < 1.29 is 23.9 Å². The molecule has 0 unspecified atom stereocenters. The standard InChI is InChI=1S/C23H23BrCl2N4O5/c1-35-23(34)18(30-22(33)20-16(25)9-14(24)10-17(20)26)6-5-15(31)11-29-21(32)13-4-2-3-12(7-13)8-19(27)28/h2-4,7,9-10,18H,5-6,8,11H2,1H3,(H3,27,28)(H,29,32)(H,30,33)/t18-/m0/s1. The van der Waals surface area contributed by atoms with E-state index < -0.39 is 23.8 Å². The van der Waals surface area contributed by atoms with Gasteiger partial charge in [0, 0.05) is 22.9 Å². The summed E-state index contributed by atoms with van der Waals surface area (Å²) in [5.41, 5.74) is 6.38. The Bertz CT molecular complexity index is 1140. The molecule has 2 amide bonds. The lowest BCUT2D eigenvalue weighted by Gasteiger charge is -2.17. The Labute approximate surface area is 220 Å². The molecule has 0 fully saturated rings. The highest BCUT2D eigenvalue weighted by atomic mass is 79.9. The normalized spacial score (nSPS) is 11.3. The van der Waals surface area contributed by atoms with Crippen molar-refractivity contribution in [2.75, 3.05) is 13.7 Å². The van der Waals surface area contributed by atoms with Gasteiger partial charge in [0.05, 0.1) is 35.1 Å². The van der Waals surface area contributed by atoms with Gasteiger partial charge in [0.25, 0.3) is 11.8 Å². The summed E-state index contributed by atoms with van der Waals surface area (Å²) in [5, 5.41) is 12.5. The van der Waals surface area contributed by atoms with Crippen molar-refractivity contribution in [3.05, 3.63) is 67.6 Å². The number of nitrogens with two attached hydrogens (primary N) is 1. The number of amidine groups is 1. The highest BCUT2D eigenvalue weighted by molar-refractivity contribution is 9.10. The van der Waals surface area contributed by atoms with E-state index in [9.17, 15) is 19.2 Å². The van der Waals surface area contributed by atoms with Crippen LogP contribution in [0.2, 0.25) is 10.0 Å². The Morgan fingerprint density at radius 3 is 2.37 bits per heavy atom. The van der Waals surface area contributed by atoms with Crippen molar-refractivity contribution in [2.45, 2.75) is 25.3 Å². The molecule has 0 aliphatic heterocycles. The number of amides is 2. The molecule has 2 aromatic carbocycles. The van der Waals surface area contributed by atoms with Gasteiger partial charge >= 0.3 is 5.97 Å². The van der Waals surface area contributed by atoms with Crippen LogP contribution in [0.25, 0.3) is 0 Å². The average molecular weight is 586 g/mol. The highest BCUT2D eigenvalue weighted by Gasteiger charge is 2.25. The van der Waals surface area contributed by atoms with E-state index in [2.05, 4.69) is 26.6 Å². The summed E-state index contributed by atoms with van der Waals surface area (Å²) in [6, 6.07) is 8.38. The summed E-state index contributed by atoms with van der Waals surface area (Å²) in [4.78, 5) is 49.5. The van der Waals surface area contributed by atoms with Crippen LogP contribution in [0, 0.1) is 5.41 Å². The Hall–Kier alpha value is -2.95. The number of esters is 1. The number of ether oxygens (including phenoxy) is 1. The van der Waals surface area contributed by atoms with Crippen LogP contribution in [-0.4, -0.2) is 49.1 Å². The van der Waals surface area contributed by atoms with Crippen LogP contribution in [0.15, 0.2) is 40.9 Å². The SMILES string of the molecule is COC(=O)[C@H](CCC(=O)CNC(=O)c1cccc(CC(=N)N)c1)NC(=O)c1c(Cl)cc(Br)cc1Cl. The van der Waals surface area contributed by atoms with Gasteiger partial charge in [0.1, 0.15) is 6.04 Å². The van der Waals surface area contributed by atoms with Gasteiger partial charge in [-0.15, -0.1) is 0 Å². The Kier molecular flexibility index (Phi) is 10.7. The van der Waals surface area contributed by atoms with Gasteiger partial charge < -0.3 is 21.1 Å². The van der Waals surface area contributed by atoms with E-state index in [0.29, 0.717) is 15.6 Å². The lowest BCUT2D eigenvalue weighted by Crippen LogP contribution is -2.42. The minimum absolute atomic E-state index is 0.0176. The number of methoxy groups -OCH3 is 1. The molecule has 35 heavy (non-hydrogen) atoms. The number of rotatable bonds is 11. The van der Waals surface area contributed by atoms with Gasteiger partial charge in [0.15, 0.2) is 5.78 Å². The lowest BCUT2D eigenvalue weighted by molar-refractivity contribution is -0.143. The monoisotopic (exact) mass is 584 g/mol. The number of hydrogen-bond acceptors (Lipinski definition) is 6. The van der Waals surface area contributed by atoms with Crippen molar-refractivity contribution >= 4 is 68.5 Å². The fraction of sp³-hybridized carbons (Fsp3) is 0.261. The topological polar surface area (TPSA) is 151 Å². The molecule has 0 radical (unpaired) electrons. The van der Waals surface area contributed by atoms with Crippen LogP contribution in [0.1, 0.15) is 39.1 Å². The van der Waals surface area contributed by atoms with E-state index in [-0.39, 0.29) is 53.0 Å². The maximum absolute atomic E-state index is 12.7. The molecular formula is C23H23BrCl2N4O5. The molecule has 0 heterocycles. The number of carbonyl (C=O) groups excluding carboxylic acids is 4. The van der Waals surface area contributed by atoms with Crippen LogP contribution in [0.3, 0.4) is 0 Å². The molecule has 0 saturated carbocycles. The van der Waals surface area contributed by atoms with Crippen molar-refractivity contribution in [3.63, 3.8) is 0 Å². The molecule has 12 heteroatoms. The van der Waals surface area contributed by atoms with Gasteiger partial charge in [-0.1, -0.05) is 51.3 Å². The summed E-state index contributed by atoms with van der Waals surface area (Å²) in [7, 11) is 1.16. The predicted molar refractivity (Wildman–Crippen MR) is 136 cm³/mol. The van der Waals surface area contributed by atoms with E-state index in [1.54, 1.807) is 24.3 Å². The smallest absolute Gasteiger partial charge is 0.328 e. The Morgan fingerprint density at radius 2 is 1.77 bits per heavy atom. The molecule has 0 aromatic heterocycles. The van der Waals surface area contributed by atoms with E-state index in [1.165, 1.54) is 12.1 Å². The molecule has 0 aliphatic carbocycles. The van der Waals surface area contributed by atoms with Crippen molar-refractivity contribution in [2.24, 2.45) is 5.73 Å². The molecule has 5 N–H and O–H groups in total. The minimum Gasteiger partial charge on any atom is -0.467 e. The largest absolute Gasteiger partial charge is 0.467 e. The first-order valence-corrected chi connectivity index (χ1v) is 11.8. The zero-order chi connectivity index (χ0) is 26.1. The fourth-order valence-corrected chi connectivity index (χ4v) is 4.48. The number of carbonyl (C=O) groups is 4. The third-order valence-corrected chi connectivity index (χ3v) is 5.82. The second kappa shape index (κ2) is 13.2. The van der Waals surface area contributed by atoms with Gasteiger partial charge in [-0.05, 0) is 36.2 Å². The molecule has 0 saturated heterocycles. The predicted octanol–water partition coefficient (Wildman–Crippen LogP) is 3.29. The van der Waals surface area contributed by atoms with Crippen molar-refractivity contribution in [1.29, 1.82) is 5.41 Å². The number of halogens is 3. The quantitative estimate of drug-likeness (QED) is 0.180. The first-order valence-electron chi connectivity index (χ1n) is 10.3. The molecule has 2 aromatic rings. The maximum Gasteiger partial charge on any atom is 0.328 e. The van der Waals surface area contributed by atoms with Gasteiger partial charge in [-0.3, -0.25) is 19.8 Å². The molecule has 186 valence electrons. The number of ketones is 1. The Morgan fingerprint density at radius 1 is 1.11 bits per heavy atom. The fourth-order valence-electron chi connectivity index (χ4n) is 3.10. The third kappa shape index (κ3) is 8.65. The van der Waals surface area contributed by atoms with E-state index in [1.807, 2.05) is 0 Å². The molecule has 1 atom stereocenters. The summed E-state index contributed by atoms with van der Waals surface area (Å²) >= 11 is 15.4. The van der Waals surface area contributed by atoms with Crippen LogP contribution in [-0.2, 0) is 20.7 Å².